The van der Waals surface area contributed by atoms with Gasteiger partial charge in [0.15, 0.2) is 0 Å². The number of nitrogens with two attached hydrogens (primary N) is 1. The van der Waals surface area contributed by atoms with Crippen molar-refractivity contribution in [3.8, 4) is 0 Å². The molecule has 4 heteroatoms. The van der Waals surface area contributed by atoms with E-state index in [4.69, 9.17) is 5.73 Å². The molecule has 1 saturated heterocycles. The normalized spacial score (nSPS) is 23.1. The monoisotopic (exact) mass is 171 g/mol. The molecule has 1 heterocycles. The topological polar surface area (TPSA) is 58.4 Å². The van der Waals surface area contributed by atoms with Gasteiger partial charge < -0.3 is 16.0 Å². The number of likely N-dealkylation sites (tertiary alicyclic amines) is 1. The Hall–Kier alpha value is -0.770. The van der Waals surface area contributed by atoms with Crippen molar-refractivity contribution in [2.45, 2.75) is 25.3 Å². The molecule has 1 rings (SSSR count). The summed E-state index contributed by atoms with van der Waals surface area (Å²) in [5, 5.41) is 3.08. The molecular weight excluding hydrogens is 154 g/mol. The van der Waals surface area contributed by atoms with Gasteiger partial charge in [0.25, 0.3) is 0 Å². The van der Waals surface area contributed by atoms with E-state index in [1.54, 1.807) is 4.90 Å². The van der Waals surface area contributed by atoms with Gasteiger partial charge >= 0.3 is 6.03 Å². The third kappa shape index (κ3) is 2.11. The fourth-order valence-electron chi connectivity index (χ4n) is 1.74. The molecule has 0 saturated carbocycles. The molecule has 3 N–H and O–H groups in total. The predicted molar refractivity (Wildman–Crippen MR) is 47.9 cm³/mol. The molecule has 0 aliphatic carbocycles. The van der Waals surface area contributed by atoms with E-state index in [0.717, 1.165) is 32.4 Å². The zero-order valence-electron chi connectivity index (χ0n) is 7.55. The van der Waals surface area contributed by atoms with Gasteiger partial charge in [0.1, 0.15) is 0 Å². The molecule has 70 valence electrons. The van der Waals surface area contributed by atoms with Crippen LogP contribution in [0.1, 0.15) is 19.3 Å². The lowest BCUT2D eigenvalue weighted by molar-refractivity contribution is 0.200. The van der Waals surface area contributed by atoms with Crippen LogP contribution in [0.2, 0.25) is 0 Å². The Bertz CT molecular complexity index is 160. The van der Waals surface area contributed by atoms with E-state index in [0.29, 0.717) is 6.04 Å². The van der Waals surface area contributed by atoms with Crippen molar-refractivity contribution in [1.82, 2.24) is 10.2 Å². The minimum atomic E-state index is -0.270. The summed E-state index contributed by atoms with van der Waals surface area (Å²) in [4.78, 5) is 12.7. The maximum atomic E-state index is 10.9. The third-order valence-corrected chi connectivity index (χ3v) is 2.39. The van der Waals surface area contributed by atoms with Gasteiger partial charge in [-0.15, -0.1) is 0 Å². The van der Waals surface area contributed by atoms with E-state index in [1.807, 2.05) is 7.05 Å². The van der Waals surface area contributed by atoms with Crippen molar-refractivity contribution in [3.05, 3.63) is 0 Å². The molecule has 12 heavy (non-hydrogen) atoms. The summed E-state index contributed by atoms with van der Waals surface area (Å²) < 4.78 is 0. The van der Waals surface area contributed by atoms with Crippen LogP contribution >= 0.6 is 0 Å². The number of urea groups is 1. The van der Waals surface area contributed by atoms with Crippen LogP contribution in [0.5, 0.6) is 0 Å². The summed E-state index contributed by atoms with van der Waals surface area (Å²) in [5.74, 6) is 0. The fourth-order valence-corrected chi connectivity index (χ4v) is 1.74. The number of primary amides is 1. The fraction of sp³-hybridized carbons (Fsp3) is 0.875. The molecule has 0 aromatic rings. The molecule has 0 radical (unpaired) electrons. The summed E-state index contributed by atoms with van der Waals surface area (Å²) in [6, 6.07) is 0.101. The van der Waals surface area contributed by atoms with Gasteiger partial charge in [-0.05, 0) is 32.9 Å². The van der Waals surface area contributed by atoms with E-state index in [1.165, 1.54) is 0 Å². The largest absolute Gasteiger partial charge is 0.351 e. The minimum Gasteiger partial charge on any atom is -0.351 e. The summed E-state index contributed by atoms with van der Waals surface area (Å²) in [5.41, 5.74) is 5.23. The van der Waals surface area contributed by atoms with E-state index >= 15 is 0 Å². The summed E-state index contributed by atoms with van der Waals surface area (Å²) in [6.45, 7) is 1.79. The molecule has 1 aliphatic rings. The Morgan fingerprint density at radius 1 is 1.75 bits per heavy atom. The number of nitrogens with zero attached hydrogens (tertiary/aromatic N) is 1. The van der Waals surface area contributed by atoms with E-state index < -0.39 is 0 Å². The van der Waals surface area contributed by atoms with Crippen LogP contribution in [0.3, 0.4) is 0 Å². The molecule has 0 spiro atoms. The lowest BCUT2D eigenvalue weighted by Gasteiger charge is -2.22. The highest BCUT2D eigenvalue weighted by atomic mass is 16.2. The molecule has 0 aromatic carbocycles. The lowest BCUT2D eigenvalue weighted by atomic mass is 10.1. The van der Waals surface area contributed by atoms with E-state index in [-0.39, 0.29) is 6.03 Å². The number of nitrogens with one attached hydrogen (secondary N) is 1. The Balaban J connectivity index is 2.35. The molecule has 1 atom stereocenters. The van der Waals surface area contributed by atoms with E-state index in [9.17, 15) is 4.79 Å². The molecular formula is C8H17N3O. The van der Waals surface area contributed by atoms with Crippen molar-refractivity contribution in [2.24, 2.45) is 5.73 Å². The number of hydrogen-bond donors (Lipinski definition) is 2. The number of amides is 2. The number of carbonyl (C=O) groups is 1. The van der Waals surface area contributed by atoms with Crippen molar-refractivity contribution < 1.29 is 4.79 Å². The van der Waals surface area contributed by atoms with Gasteiger partial charge in [-0.2, -0.15) is 0 Å². The van der Waals surface area contributed by atoms with E-state index in [2.05, 4.69) is 5.32 Å². The van der Waals surface area contributed by atoms with Crippen LogP contribution in [0.15, 0.2) is 0 Å². The van der Waals surface area contributed by atoms with Gasteiger partial charge in [0.2, 0.25) is 0 Å². The first-order valence-electron chi connectivity index (χ1n) is 4.46. The number of rotatable bonds is 3. The Morgan fingerprint density at radius 3 is 3.08 bits per heavy atom. The van der Waals surface area contributed by atoms with Gasteiger partial charge in [0.05, 0.1) is 0 Å². The van der Waals surface area contributed by atoms with Crippen molar-refractivity contribution in [1.29, 1.82) is 0 Å². The van der Waals surface area contributed by atoms with Crippen molar-refractivity contribution >= 4 is 6.03 Å². The molecule has 0 aromatic heterocycles. The van der Waals surface area contributed by atoms with Crippen LogP contribution in [-0.2, 0) is 0 Å². The van der Waals surface area contributed by atoms with Crippen molar-refractivity contribution in [3.63, 3.8) is 0 Å². The molecule has 4 nitrogen and oxygen atoms in total. The molecule has 1 unspecified atom stereocenters. The SMILES string of the molecule is CNCCC1CCCN1C(N)=O. The average Bonchev–Trinajstić information content (AvgIpc) is 2.48. The highest BCUT2D eigenvalue weighted by Crippen LogP contribution is 2.18. The van der Waals surface area contributed by atoms with Crippen LogP contribution in [0, 0.1) is 0 Å². The summed E-state index contributed by atoms with van der Waals surface area (Å²) in [7, 11) is 1.92. The van der Waals surface area contributed by atoms with Crippen LogP contribution < -0.4 is 11.1 Å². The molecule has 2 amide bonds. The van der Waals surface area contributed by atoms with Gasteiger partial charge in [-0.25, -0.2) is 4.79 Å². The maximum absolute atomic E-state index is 10.9. The molecule has 1 fully saturated rings. The maximum Gasteiger partial charge on any atom is 0.315 e. The molecule has 0 bridgehead atoms. The van der Waals surface area contributed by atoms with Gasteiger partial charge in [0, 0.05) is 12.6 Å². The first-order valence-corrected chi connectivity index (χ1v) is 4.46. The zero-order chi connectivity index (χ0) is 8.97. The van der Waals surface area contributed by atoms with Crippen LogP contribution in [0.4, 0.5) is 4.79 Å². The second-order valence-electron chi connectivity index (χ2n) is 3.22. The Labute approximate surface area is 73.1 Å². The minimum absolute atomic E-state index is 0.270. The Morgan fingerprint density at radius 2 is 2.50 bits per heavy atom. The van der Waals surface area contributed by atoms with Gasteiger partial charge in [-0.3, -0.25) is 0 Å². The quantitative estimate of drug-likeness (QED) is 0.634. The second kappa shape index (κ2) is 4.30. The average molecular weight is 171 g/mol. The second-order valence-corrected chi connectivity index (χ2v) is 3.22. The first-order chi connectivity index (χ1) is 5.75. The lowest BCUT2D eigenvalue weighted by Crippen LogP contribution is -2.40. The number of hydrogen-bond acceptors (Lipinski definition) is 2. The highest BCUT2D eigenvalue weighted by Gasteiger charge is 2.26. The smallest absolute Gasteiger partial charge is 0.315 e. The summed E-state index contributed by atoms with van der Waals surface area (Å²) in [6.07, 6.45) is 3.21. The Kier molecular flexibility index (Phi) is 3.34. The molecule has 1 aliphatic heterocycles. The summed E-state index contributed by atoms with van der Waals surface area (Å²) >= 11 is 0. The zero-order valence-corrected chi connectivity index (χ0v) is 7.55. The highest BCUT2D eigenvalue weighted by molar-refractivity contribution is 5.72. The standard InChI is InChI=1S/C8H17N3O/c1-10-5-4-7-3-2-6-11(7)8(9)12/h7,10H,2-6H2,1H3,(H2,9,12). The number of carbonyl (C=O) groups excluding carboxylic acids is 1. The third-order valence-electron chi connectivity index (χ3n) is 2.39. The van der Waals surface area contributed by atoms with Crippen LogP contribution in [-0.4, -0.2) is 37.1 Å². The van der Waals surface area contributed by atoms with Gasteiger partial charge in [-0.1, -0.05) is 0 Å². The van der Waals surface area contributed by atoms with Crippen molar-refractivity contribution in [2.75, 3.05) is 20.1 Å². The first kappa shape index (κ1) is 9.32. The predicted octanol–water partition coefficient (Wildman–Crippen LogP) is 0.139. The van der Waals surface area contributed by atoms with Crippen LogP contribution in [0.25, 0.3) is 0 Å².